The molecule has 0 bridgehead atoms. The summed E-state index contributed by atoms with van der Waals surface area (Å²) < 4.78 is 36.5. The minimum Gasteiger partial charge on any atom is -0.309 e. The van der Waals surface area contributed by atoms with Gasteiger partial charge in [-0.15, -0.1) is 0 Å². The van der Waals surface area contributed by atoms with Gasteiger partial charge in [0.25, 0.3) is 0 Å². The molecule has 0 fully saturated rings. The number of fused-ring (bicyclic) bond motifs is 4. The summed E-state index contributed by atoms with van der Waals surface area (Å²) >= 11 is 0. The summed E-state index contributed by atoms with van der Waals surface area (Å²) in [5.74, 6) is 0. The number of hydrogen-bond acceptors (Lipinski definition) is 2. The lowest BCUT2D eigenvalue weighted by molar-refractivity contribution is 0.590. The Bertz CT molecular complexity index is 3260. The van der Waals surface area contributed by atoms with Crippen LogP contribution in [0.25, 0.3) is 66.8 Å². The fraction of sp³-hybridized carbons (Fsp3) is 0. The molecule has 0 heterocycles. The average molecular weight is 857 g/mol. The third-order valence-corrected chi connectivity index (χ3v) is 19.2. The molecule has 0 aromatic heterocycles. The third kappa shape index (κ3) is 6.41. The molecule has 304 valence electrons. The predicted octanol–water partition coefficient (Wildman–Crippen LogP) is 13.3. The van der Waals surface area contributed by atoms with Crippen molar-refractivity contribution in [1.29, 1.82) is 0 Å². The van der Waals surface area contributed by atoms with Crippen LogP contribution in [0.15, 0.2) is 255 Å². The van der Waals surface area contributed by atoms with Crippen molar-refractivity contribution >= 4 is 46.1 Å². The van der Waals surface area contributed by atoms with Gasteiger partial charge in [0.05, 0.1) is 0 Å². The van der Waals surface area contributed by atoms with Crippen molar-refractivity contribution in [3.05, 3.63) is 255 Å². The van der Waals surface area contributed by atoms with E-state index in [4.69, 9.17) is 0 Å². The molecule has 1 aliphatic rings. The van der Waals surface area contributed by atoms with E-state index in [1.165, 1.54) is 0 Å². The van der Waals surface area contributed by atoms with Crippen LogP contribution in [0.2, 0.25) is 0 Å². The molecule has 1 aliphatic carbocycles. The quantitative estimate of drug-likeness (QED) is 0.128. The zero-order valence-electron chi connectivity index (χ0n) is 35.0. The Labute approximate surface area is 375 Å². The van der Waals surface area contributed by atoms with Crippen LogP contribution >= 0.6 is 14.3 Å². The highest BCUT2D eigenvalue weighted by Crippen LogP contribution is 2.59. The lowest BCUT2D eigenvalue weighted by Crippen LogP contribution is -2.42. The maximum atomic E-state index is 18.3. The van der Waals surface area contributed by atoms with Crippen molar-refractivity contribution in [3.63, 3.8) is 0 Å². The van der Waals surface area contributed by atoms with Crippen LogP contribution in [0.1, 0.15) is 0 Å². The maximum absolute atomic E-state index is 18.3. The Morgan fingerprint density at radius 1 is 0.203 bits per heavy atom. The summed E-state index contributed by atoms with van der Waals surface area (Å²) in [5, 5.41) is 3.96. The van der Waals surface area contributed by atoms with Crippen molar-refractivity contribution < 1.29 is 9.13 Å². The highest BCUT2D eigenvalue weighted by Gasteiger charge is 2.47. The minimum absolute atomic E-state index is 0.571. The first-order valence-corrected chi connectivity index (χ1v) is 25.1. The van der Waals surface area contributed by atoms with Gasteiger partial charge in [0.15, 0.2) is 14.3 Å². The van der Waals surface area contributed by atoms with E-state index in [0.29, 0.717) is 31.8 Å². The van der Waals surface area contributed by atoms with Crippen molar-refractivity contribution in [3.8, 4) is 66.8 Å². The average Bonchev–Trinajstić information content (AvgIpc) is 3.38. The number of benzene rings is 10. The van der Waals surface area contributed by atoms with E-state index in [1.807, 2.05) is 152 Å². The van der Waals surface area contributed by atoms with Crippen LogP contribution in [0.3, 0.4) is 0 Å². The van der Waals surface area contributed by atoms with Gasteiger partial charge in [-0.1, -0.05) is 249 Å². The van der Waals surface area contributed by atoms with Gasteiger partial charge < -0.3 is 9.13 Å². The molecule has 0 saturated carbocycles. The molecular formula is C60H42O2P2. The van der Waals surface area contributed by atoms with E-state index in [-0.39, 0.29) is 0 Å². The topological polar surface area (TPSA) is 34.1 Å². The van der Waals surface area contributed by atoms with E-state index in [0.717, 1.165) is 66.8 Å². The van der Waals surface area contributed by atoms with E-state index in [2.05, 4.69) is 103 Å². The van der Waals surface area contributed by atoms with Gasteiger partial charge in [-0.3, -0.25) is 0 Å². The van der Waals surface area contributed by atoms with Crippen LogP contribution in [0.4, 0.5) is 0 Å². The van der Waals surface area contributed by atoms with Crippen LogP contribution < -0.4 is 31.8 Å². The Morgan fingerprint density at radius 3 is 0.844 bits per heavy atom. The van der Waals surface area contributed by atoms with Gasteiger partial charge in [-0.05, 0) is 67.3 Å². The fourth-order valence-corrected chi connectivity index (χ4v) is 17.1. The Kier molecular flexibility index (Phi) is 10.1. The molecule has 0 radical (unpaired) electrons. The normalized spacial score (nSPS) is 11.9. The third-order valence-electron chi connectivity index (χ3n) is 12.6. The molecule has 10 aromatic rings. The predicted molar refractivity (Wildman–Crippen MR) is 271 cm³/mol. The minimum atomic E-state index is -4.07. The van der Waals surface area contributed by atoms with Gasteiger partial charge >= 0.3 is 0 Å². The first-order valence-electron chi connectivity index (χ1n) is 21.6. The summed E-state index contributed by atoms with van der Waals surface area (Å²) in [6.07, 6.45) is 0. The van der Waals surface area contributed by atoms with Crippen molar-refractivity contribution in [2.45, 2.75) is 0 Å². The monoisotopic (exact) mass is 856 g/mol. The van der Waals surface area contributed by atoms with Gasteiger partial charge in [0.2, 0.25) is 0 Å². The molecule has 0 spiro atoms. The van der Waals surface area contributed by atoms with Crippen molar-refractivity contribution in [2.24, 2.45) is 0 Å². The highest BCUT2D eigenvalue weighted by atomic mass is 31.2. The largest absolute Gasteiger partial charge is 0.309 e. The Hall–Kier alpha value is -7.34. The number of rotatable bonds is 10. The first kappa shape index (κ1) is 39.5. The van der Waals surface area contributed by atoms with Crippen LogP contribution in [0.5, 0.6) is 0 Å². The van der Waals surface area contributed by atoms with Crippen molar-refractivity contribution in [2.75, 3.05) is 0 Å². The lowest BCUT2D eigenvalue weighted by Gasteiger charge is -2.36. The fourth-order valence-electron chi connectivity index (χ4n) is 9.72. The maximum Gasteiger partial charge on any atom is 0.173 e. The van der Waals surface area contributed by atoms with Crippen LogP contribution in [0, 0.1) is 0 Å². The summed E-state index contributed by atoms with van der Waals surface area (Å²) in [5.41, 5.74) is 11.3. The molecule has 64 heavy (non-hydrogen) atoms. The molecule has 10 aromatic carbocycles. The molecule has 0 aliphatic heterocycles. The lowest BCUT2D eigenvalue weighted by atomic mass is 9.81. The molecule has 0 N–H and O–H groups in total. The molecule has 0 amide bonds. The first-order chi connectivity index (χ1) is 31.6. The molecular weight excluding hydrogens is 815 g/mol. The van der Waals surface area contributed by atoms with Crippen molar-refractivity contribution in [1.82, 2.24) is 0 Å². The summed E-state index contributed by atoms with van der Waals surface area (Å²) in [4.78, 5) is 0. The smallest absolute Gasteiger partial charge is 0.173 e. The molecule has 11 rings (SSSR count). The summed E-state index contributed by atoms with van der Waals surface area (Å²) in [7, 11) is -8.10. The van der Waals surface area contributed by atoms with E-state index >= 15 is 9.13 Å². The van der Waals surface area contributed by atoms with Gasteiger partial charge in [-0.2, -0.15) is 0 Å². The van der Waals surface area contributed by atoms with E-state index in [9.17, 15) is 0 Å². The molecule has 0 atom stereocenters. The summed E-state index contributed by atoms with van der Waals surface area (Å²) in [6.45, 7) is 0. The molecule has 2 nitrogen and oxygen atoms in total. The number of hydrogen-bond donors (Lipinski definition) is 0. The van der Waals surface area contributed by atoms with Gasteiger partial charge in [0, 0.05) is 37.4 Å². The van der Waals surface area contributed by atoms with Crippen LogP contribution in [-0.2, 0) is 9.13 Å². The summed E-state index contributed by atoms with van der Waals surface area (Å²) in [6, 6.07) is 86.0. The SMILES string of the molecule is O=P(c1ccccc1-c1ccccc1)(c1ccccc1-c1ccccc1)c1ccc2c(c1P(=O)(c1ccccc1-c1ccccc1)c1ccccc1-c1ccccc1)-c1ccccc1-2. The van der Waals surface area contributed by atoms with E-state index < -0.39 is 14.3 Å². The second-order valence-corrected chi connectivity index (χ2v) is 21.4. The van der Waals surface area contributed by atoms with E-state index in [1.54, 1.807) is 0 Å². The highest BCUT2D eigenvalue weighted by molar-refractivity contribution is 7.91. The Morgan fingerprint density at radius 2 is 0.484 bits per heavy atom. The van der Waals surface area contributed by atoms with Gasteiger partial charge in [-0.25, -0.2) is 0 Å². The molecule has 0 unspecified atom stereocenters. The second kappa shape index (κ2) is 16.4. The van der Waals surface area contributed by atoms with Crippen LogP contribution in [-0.4, -0.2) is 0 Å². The molecule has 4 heteroatoms. The standard InChI is InChI=1S/C60H42O2P2/c61-63(54-37-19-15-31-47(54)43-23-5-1-6-24-43,55-38-20-16-32-48(55)44-25-7-2-8-26-44)58-42-41-53-51-35-13-14-36-52(51)59(53)60(58)64(62,56-39-21-17-33-49(56)45-27-9-3-10-28-45)57-40-22-18-34-50(57)46-29-11-4-12-30-46/h1-42H. The van der Waals surface area contributed by atoms with Gasteiger partial charge in [0.1, 0.15) is 0 Å². The Balaban J connectivity index is 1.35. The zero-order chi connectivity index (χ0) is 43.1. The second-order valence-electron chi connectivity index (χ2n) is 16.2. The molecule has 0 saturated heterocycles. The zero-order valence-corrected chi connectivity index (χ0v) is 36.7.